The Morgan fingerprint density at radius 1 is 0.846 bits per heavy atom. The average Bonchev–Trinajstić information content (AvgIpc) is 2.68. The Morgan fingerprint density at radius 2 is 1.54 bits per heavy atom. The molecule has 0 fully saturated rings. The van der Waals surface area contributed by atoms with Crippen molar-refractivity contribution in [3.05, 3.63) is 84.4 Å². The summed E-state index contributed by atoms with van der Waals surface area (Å²) in [5.41, 5.74) is 3.72. The fraction of sp³-hybridized carbons (Fsp3) is 0.0909. The molecule has 0 saturated heterocycles. The summed E-state index contributed by atoms with van der Waals surface area (Å²) in [6, 6.07) is 24.4. The number of benzene rings is 3. The summed E-state index contributed by atoms with van der Waals surface area (Å²) in [7, 11) is 1.34. The molecule has 0 aliphatic carbocycles. The van der Waals surface area contributed by atoms with Crippen LogP contribution in [0.2, 0.25) is 0 Å². The van der Waals surface area contributed by atoms with E-state index < -0.39 is 5.97 Å². The first-order chi connectivity index (χ1) is 12.6. The summed E-state index contributed by atoms with van der Waals surface area (Å²) >= 11 is 0. The SMILES string of the molecule is COC(=O)c1cccc(N(C(C)=O)c2ccccc2-c2ccccc2)c1. The number of methoxy groups -OCH3 is 1. The van der Waals surface area contributed by atoms with Gasteiger partial charge in [-0.2, -0.15) is 0 Å². The highest BCUT2D eigenvalue weighted by Gasteiger charge is 2.19. The second-order valence-corrected chi connectivity index (χ2v) is 5.78. The number of ether oxygens (including phenoxy) is 1. The molecule has 26 heavy (non-hydrogen) atoms. The highest BCUT2D eigenvalue weighted by Crippen LogP contribution is 2.35. The molecule has 0 spiro atoms. The molecule has 3 rings (SSSR count). The minimum atomic E-state index is -0.438. The predicted molar refractivity (Wildman–Crippen MR) is 102 cm³/mol. The van der Waals surface area contributed by atoms with Gasteiger partial charge in [-0.05, 0) is 29.8 Å². The fourth-order valence-corrected chi connectivity index (χ4v) is 2.91. The maximum absolute atomic E-state index is 12.5. The van der Waals surface area contributed by atoms with E-state index in [0.717, 1.165) is 16.8 Å². The van der Waals surface area contributed by atoms with Crippen LogP contribution in [0.1, 0.15) is 17.3 Å². The van der Waals surface area contributed by atoms with Crippen molar-refractivity contribution in [3.8, 4) is 11.1 Å². The van der Waals surface area contributed by atoms with Gasteiger partial charge in [-0.25, -0.2) is 4.79 Å². The second-order valence-electron chi connectivity index (χ2n) is 5.78. The molecular formula is C22H19NO3. The molecule has 3 aromatic carbocycles. The van der Waals surface area contributed by atoms with Crippen LogP contribution in [-0.4, -0.2) is 19.0 Å². The molecule has 0 N–H and O–H groups in total. The van der Waals surface area contributed by atoms with Crippen LogP contribution in [0.4, 0.5) is 11.4 Å². The number of hydrogen-bond donors (Lipinski definition) is 0. The quantitative estimate of drug-likeness (QED) is 0.637. The minimum absolute atomic E-state index is 0.143. The molecular weight excluding hydrogens is 326 g/mol. The van der Waals surface area contributed by atoms with E-state index in [9.17, 15) is 9.59 Å². The van der Waals surface area contributed by atoms with Crippen LogP contribution in [0.15, 0.2) is 78.9 Å². The minimum Gasteiger partial charge on any atom is -0.465 e. The van der Waals surface area contributed by atoms with Crippen LogP contribution in [0.25, 0.3) is 11.1 Å². The maximum atomic E-state index is 12.5. The molecule has 4 nitrogen and oxygen atoms in total. The highest BCUT2D eigenvalue weighted by molar-refractivity contribution is 6.03. The number of anilines is 2. The molecule has 0 bridgehead atoms. The van der Waals surface area contributed by atoms with E-state index in [1.165, 1.54) is 14.0 Å². The number of para-hydroxylation sites is 1. The van der Waals surface area contributed by atoms with Crippen molar-refractivity contribution in [2.75, 3.05) is 12.0 Å². The first kappa shape index (κ1) is 17.4. The lowest BCUT2D eigenvalue weighted by Gasteiger charge is -2.24. The van der Waals surface area contributed by atoms with Crippen molar-refractivity contribution < 1.29 is 14.3 Å². The van der Waals surface area contributed by atoms with Gasteiger partial charge in [0.15, 0.2) is 0 Å². The highest BCUT2D eigenvalue weighted by atomic mass is 16.5. The lowest BCUT2D eigenvalue weighted by Crippen LogP contribution is -2.23. The summed E-state index contributed by atoms with van der Waals surface area (Å²) in [5, 5.41) is 0. The summed E-state index contributed by atoms with van der Waals surface area (Å²) in [5.74, 6) is -0.581. The average molecular weight is 345 g/mol. The lowest BCUT2D eigenvalue weighted by atomic mass is 10.0. The Labute approximate surface area is 152 Å². The van der Waals surface area contributed by atoms with Gasteiger partial charge in [0.2, 0.25) is 5.91 Å². The molecule has 130 valence electrons. The normalized spacial score (nSPS) is 10.2. The molecule has 4 heteroatoms. The van der Waals surface area contributed by atoms with Gasteiger partial charge >= 0.3 is 5.97 Å². The third kappa shape index (κ3) is 3.49. The zero-order chi connectivity index (χ0) is 18.5. The maximum Gasteiger partial charge on any atom is 0.337 e. The van der Waals surface area contributed by atoms with Crippen molar-refractivity contribution >= 4 is 23.3 Å². The molecule has 0 atom stereocenters. The summed E-state index contributed by atoms with van der Waals surface area (Å²) in [6.07, 6.45) is 0. The molecule has 3 aromatic rings. The molecule has 0 heterocycles. The van der Waals surface area contributed by atoms with Crippen LogP contribution >= 0.6 is 0 Å². The first-order valence-corrected chi connectivity index (χ1v) is 8.25. The smallest absolute Gasteiger partial charge is 0.337 e. The predicted octanol–water partition coefficient (Wildman–Crippen LogP) is 4.82. The Hall–Kier alpha value is -3.40. The Morgan fingerprint density at radius 3 is 2.23 bits per heavy atom. The van der Waals surface area contributed by atoms with Crippen LogP contribution < -0.4 is 4.90 Å². The van der Waals surface area contributed by atoms with E-state index in [1.807, 2.05) is 54.6 Å². The van der Waals surface area contributed by atoms with Crippen molar-refractivity contribution in [1.29, 1.82) is 0 Å². The number of carbonyl (C=O) groups is 2. The Balaban J connectivity index is 2.14. The van der Waals surface area contributed by atoms with E-state index in [0.29, 0.717) is 11.3 Å². The molecule has 0 aromatic heterocycles. The van der Waals surface area contributed by atoms with Gasteiger partial charge in [-0.1, -0.05) is 54.6 Å². The third-order valence-electron chi connectivity index (χ3n) is 4.07. The van der Waals surface area contributed by atoms with Crippen LogP contribution in [0.5, 0.6) is 0 Å². The van der Waals surface area contributed by atoms with Gasteiger partial charge in [0, 0.05) is 18.2 Å². The Kier molecular flexibility index (Phi) is 5.13. The number of carbonyl (C=O) groups excluding carboxylic acids is 2. The van der Waals surface area contributed by atoms with Crippen LogP contribution in [-0.2, 0) is 9.53 Å². The zero-order valence-electron chi connectivity index (χ0n) is 14.7. The van der Waals surface area contributed by atoms with Crippen LogP contribution in [0.3, 0.4) is 0 Å². The van der Waals surface area contributed by atoms with E-state index in [2.05, 4.69) is 0 Å². The van der Waals surface area contributed by atoms with Crippen molar-refractivity contribution in [1.82, 2.24) is 0 Å². The van der Waals surface area contributed by atoms with E-state index in [-0.39, 0.29) is 5.91 Å². The number of esters is 1. The summed E-state index contributed by atoms with van der Waals surface area (Å²) in [4.78, 5) is 26.0. The van der Waals surface area contributed by atoms with Crippen molar-refractivity contribution in [3.63, 3.8) is 0 Å². The number of nitrogens with zero attached hydrogens (tertiary/aromatic N) is 1. The van der Waals surface area contributed by atoms with E-state index in [4.69, 9.17) is 4.74 Å². The molecule has 0 aliphatic heterocycles. The van der Waals surface area contributed by atoms with Gasteiger partial charge in [0.25, 0.3) is 0 Å². The zero-order valence-corrected chi connectivity index (χ0v) is 14.7. The van der Waals surface area contributed by atoms with Crippen molar-refractivity contribution in [2.45, 2.75) is 6.92 Å². The van der Waals surface area contributed by atoms with Crippen molar-refractivity contribution in [2.24, 2.45) is 0 Å². The third-order valence-corrected chi connectivity index (χ3v) is 4.07. The molecule has 0 unspecified atom stereocenters. The van der Waals surface area contributed by atoms with E-state index in [1.54, 1.807) is 29.2 Å². The molecule has 0 radical (unpaired) electrons. The molecule has 0 saturated carbocycles. The van der Waals surface area contributed by atoms with Crippen LogP contribution in [0, 0.1) is 0 Å². The first-order valence-electron chi connectivity index (χ1n) is 8.25. The number of hydrogen-bond acceptors (Lipinski definition) is 3. The Bertz CT molecular complexity index is 935. The molecule has 0 aliphatic rings. The fourth-order valence-electron chi connectivity index (χ4n) is 2.91. The van der Waals surface area contributed by atoms with Gasteiger partial charge in [-0.15, -0.1) is 0 Å². The monoisotopic (exact) mass is 345 g/mol. The number of amides is 1. The standard InChI is InChI=1S/C22H19NO3/c1-16(24)23(19-12-8-11-18(15-19)22(25)26-2)21-14-7-6-13-20(21)17-9-4-3-5-10-17/h3-15H,1-2H3. The van der Waals surface area contributed by atoms with Gasteiger partial charge in [-0.3, -0.25) is 9.69 Å². The largest absolute Gasteiger partial charge is 0.465 e. The van der Waals surface area contributed by atoms with Gasteiger partial charge < -0.3 is 4.74 Å². The number of rotatable bonds is 4. The van der Waals surface area contributed by atoms with Gasteiger partial charge in [0.1, 0.15) is 0 Å². The lowest BCUT2D eigenvalue weighted by molar-refractivity contribution is -0.115. The van der Waals surface area contributed by atoms with E-state index >= 15 is 0 Å². The molecule has 1 amide bonds. The second kappa shape index (κ2) is 7.66. The van der Waals surface area contributed by atoms with Gasteiger partial charge in [0.05, 0.1) is 18.4 Å². The summed E-state index contributed by atoms with van der Waals surface area (Å²) < 4.78 is 4.79. The summed E-state index contributed by atoms with van der Waals surface area (Å²) in [6.45, 7) is 1.51. The topological polar surface area (TPSA) is 46.6 Å².